The molecule has 25 heavy (non-hydrogen) atoms. The molecular weight excluding hydrogens is 316 g/mol. The van der Waals surface area contributed by atoms with Crippen LogP contribution in [0.3, 0.4) is 0 Å². The van der Waals surface area contributed by atoms with Gasteiger partial charge in [-0.3, -0.25) is 0 Å². The standard InChI is InChI=1S/C21H32O4/c1-14-7-10-21-13-25-19(22)16(21)5-4-6-17(21)20(14,2)9-8-15-11-18(23-3)24-12-15/h5,14-15,17-18H,4,6-13H2,1-3H3. The SMILES string of the molecule is COC1CC(CCC2(C)C(C)CCC34COC(=O)C3=CCCC42)CO1. The molecule has 0 amide bonds. The summed E-state index contributed by atoms with van der Waals surface area (Å²) in [6.07, 6.45) is 10.1. The molecule has 6 atom stereocenters. The third-order valence-corrected chi connectivity index (χ3v) is 8.03. The lowest BCUT2D eigenvalue weighted by atomic mass is 9.46. The third-order valence-electron chi connectivity index (χ3n) is 8.03. The van der Waals surface area contributed by atoms with Gasteiger partial charge in [-0.05, 0) is 61.7 Å². The van der Waals surface area contributed by atoms with E-state index in [1.54, 1.807) is 7.11 Å². The Hall–Kier alpha value is -0.870. The quantitative estimate of drug-likeness (QED) is 0.718. The maximum absolute atomic E-state index is 12.3. The second kappa shape index (κ2) is 6.38. The summed E-state index contributed by atoms with van der Waals surface area (Å²) in [5, 5.41) is 0. The van der Waals surface area contributed by atoms with Crippen LogP contribution in [0.25, 0.3) is 0 Å². The second-order valence-electron chi connectivity index (χ2n) is 9.06. The van der Waals surface area contributed by atoms with Crippen LogP contribution in [-0.4, -0.2) is 32.6 Å². The summed E-state index contributed by atoms with van der Waals surface area (Å²) < 4.78 is 16.6. The summed E-state index contributed by atoms with van der Waals surface area (Å²) in [5.41, 5.74) is 1.28. The molecule has 4 heteroatoms. The highest BCUT2D eigenvalue weighted by Gasteiger charge is 2.60. The van der Waals surface area contributed by atoms with E-state index in [2.05, 4.69) is 19.9 Å². The van der Waals surface area contributed by atoms with Crippen LogP contribution < -0.4 is 0 Å². The van der Waals surface area contributed by atoms with Crippen LogP contribution in [-0.2, 0) is 19.0 Å². The third kappa shape index (κ3) is 2.68. The molecule has 0 N–H and O–H groups in total. The van der Waals surface area contributed by atoms with Crippen molar-refractivity contribution in [1.29, 1.82) is 0 Å². The van der Waals surface area contributed by atoms with Crippen molar-refractivity contribution in [3.63, 3.8) is 0 Å². The zero-order valence-corrected chi connectivity index (χ0v) is 15.9. The topological polar surface area (TPSA) is 44.8 Å². The van der Waals surface area contributed by atoms with Crippen LogP contribution in [0.5, 0.6) is 0 Å². The molecule has 140 valence electrons. The van der Waals surface area contributed by atoms with Gasteiger partial charge in [0.2, 0.25) is 0 Å². The van der Waals surface area contributed by atoms with Gasteiger partial charge in [-0.25, -0.2) is 4.79 Å². The van der Waals surface area contributed by atoms with Gasteiger partial charge in [0.05, 0.1) is 6.61 Å². The molecule has 3 fully saturated rings. The highest BCUT2D eigenvalue weighted by Crippen LogP contribution is 2.64. The zero-order valence-electron chi connectivity index (χ0n) is 15.9. The number of carbonyl (C=O) groups excluding carboxylic acids is 1. The molecule has 1 saturated carbocycles. The zero-order chi connectivity index (χ0) is 17.7. The number of allylic oxidation sites excluding steroid dienone is 1. The number of ether oxygens (including phenoxy) is 3. The Kier molecular flexibility index (Phi) is 4.48. The first-order valence-electron chi connectivity index (χ1n) is 10.0. The Morgan fingerprint density at radius 3 is 2.96 bits per heavy atom. The molecule has 0 aromatic rings. The van der Waals surface area contributed by atoms with E-state index in [0.29, 0.717) is 24.4 Å². The van der Waals surface area contributed by atoms with E-state index >= 15 is 0 Å². The van der Waals surface area contributed by atoms with Crippen molar-refractivity contribution in [2.75, 3.05) is 20.3 Å². The van der Waals surface area contributed by atoms with E-state index < -0.39 is 0 Å². The summed E-state index contributed by atoms with van der Waals surface area (Å²) in [6.45, 7) is 6.35. The number of hydrogen-bond donors (Lipinski definition) is 0. The van der Waals surface area contributed by atoms with Crippen LogP contribution in [0.15, 0.2) is 11.6 Å². The lowest BCUT2D eigenvalue weighted by Gasteiger charge is -2.56. The fourth-order valence-corrected chi connectivity index (χ4v) is 6.24. The van der Waals surface area contributed by atoms with Crippen molar-refractivity contribution in [3.05, 3.63) is 11.6 Å². The summed E-state index contributed by atoms with van der Waals surface area (Å²) in [4.78, 5) is 12.3. The first-order valence-corrected chi connectivity index (χ1v) is 10.0. The van der Waals surface area contributed by atoms with E-state index in [9.17, 15) is 4.79 Å². The molecule has 6 unspecified atom stereocenters. The first-order chi connectivity index (χ1) is 12.0. The maximum atomic E-state index is 12.3. The van der Waals surface area contributed by atoms with Gasteiger partial charge in [0.1, 0.15) is 6.61 Å². The molecule has 4 rings (SSSR count). The van der Waals surface area contributed by atoms with Gasteiger partial charge in [0.15, 0.2) is 6.29 Å². The van der Waals surface area contributed by atoms with Crippen LogP contribution in [0.1, 0.15) is 58.8 Å². The molecule has 4 nitrogen and oxygen atoms in total. The Balaban J connectivity index is 1.53. The number of rotatable bonds is 4. The molecule has 1 spiro atoms. The largest absolute Gasteiger partial charge is 0.461 e. The highest BCUT2D eigenvalue weighted by atomic mass is 16.7. The predicted octanol–water partition coefficient (Wildman–Crippen LogP) is 4.09. The minimum Gasteiger partial charge on any atom is -0.461 e. The van der Waals surface area contributed by atoms with Gasteiger partial charge in [-0.15, -0.1) is 0 Å². The van der Waals surface area contributed by atoms with Crippen molar-refractivity contribution in [2.45, 2.75) is 65.1 Å². The molecule has 0 radical (unpaired) electrons. The summed E-state index contributed by atoms with van der Waals surface area (Å²) in [6, 6.07) is 0. The average molecular weight is 348 g/mol. The molecule has 0 aromatic heterocycles. The first kappa shape index (κ1) is 17.5. The number of esters is 1. The van der Waals surface area contributed by atoms with Gasteiger partial charge >= 0.3 is 5.97 Å². The second-order valence-corrected chi connectivity index (χ2v) is 9.06. The lowest BCUT2D eigenvalue weighted by molar-refractivity contribution is -0.135. The van der Waals surface area contributed by atoms with Gasteiger partial charge < -0.3 is 14.2 Å². The van der Waals surface area contributed by atoms with Crippen LogP contribution in [0.2, 0.25) is 0 Å². The van der Waals surface area contributed by atoms with Crippen molar-refractivity contribution < 1.29 is 19.0 Å². The fraction of sp³-hybridized carbons (Fsp3) is 0.857. The summed E-state index contributed by atoms with van der Waals surface area (Å²) >= 11 is 0. The number of carbonyl (C=O) groups is 1. The Labute approximate surface area is 151 Å². The summed E-state index contributed by atoms with van der Waals surface area (Å²) in [7, 11) is 1.73. The monoisotopic (exact) mass is 348 g/mol. The van der Waals surface area contributed by atoms with Crippen molar-refractivity contribution in [1.82, 2.24) is 0 Å². The minimum atomic E-state index is -0.0475. The molecule has 2 aliphatic carbocycles. The molecule has 2 saturated heterocycles. The van der Waals surface area contributed by atoms with Gasteiger partial charge in [-0.1, -0.05) is 19.9 Å². The van der Waals surface area contributed by atoms with Crippen molar-refractivity contribution in [3.8, 4) is 0 Å². The Morgan fingerprint density at radius 1 is 1.36 bits per heavy atom. The normalized spacial score (nSPS) is 46.4. The fourth-order valence-electron chi connectivity index (χ4n) is 6.24. The van der Waals surface area contributed by atoms with E-state index in [-0.39, 0.29) is 23.1 Å². The van der Waals surface area contributed by atoms with E-state index in [1.165, 1.54) is 25.7 Å². The molecule has 0 aromatic carbocycles. The van der Waals surface area contributed by atoms with Crippen LogP contribution in [0.4, 0.5) is 0 Å². The summed E-state index contributed by atoms with van der Waals surface area (Å²) in [5.74, 6) is 1.81. The minimum absolute atomic E-state index is 0.00215. The molecule has 2 aliphatic heterocycles. The predicted molar refractivity (Wildman–Crippen MR) is 94.8 cm³/mol. The Bertz CT molecular complexity index is 570. The van der Waals surface area contributed by atoms with Crippen molar-refractivity contribution in [2.24, 2.45) is 28.6 Å². The average Bonchev–Trinajstić information content (AvgIpc) is 3.22. The van der Waals surface area contributed by atoms with Gasteiger partial charge in [0.25, 0.3) is 0 Å². The molecular formula is C21H32O4. The lowest BCUT2D eigenvalue weighted by Crippen LogP contribution is -2.51. The number of methoxy groups -OCH3 is 1. The highest BCUT2D eigenvalue weighted by molar-refractivity contribution is 5.92. The molecule has 2 heterocycles. The van der Waals surface area contributed by atoms with E-state index in [1.807, 2.05) is 0 Å². The Morgan fingerprint density at radius 2 is 2.20 bits per heavy atom. The maximum Gasteiger partial charge on any atom is 0.334 e. The number of hydrogen-bond acceptors (Lipinski definition) is 4. The van der Waals surface area contributed by atoms with Gasteiger partial charge in [-0.2, -0.15) is 0 Å². The molecule has 0 bridgehead atoms. The smallest absolute Gasteiger partial charge is 0.334 e. The van der Waals surface area contributed by atoms with Crippen LogP contribution in [0, 0.1) is 28.6 Å². The van der Waals surface area contributed by atoms with E-state index in [0.717, 1.165) is 31.4 Å². The van der Waals surface area contributed by atoms with Crippen LogP contribution >= 0.6 is 0 Å². The van der Waals surface area contributed by atoms with Gasteiger partial charge in [0, 0.05) is 24.5 Å². The number of cyclic esters (lactones) is 1. The van der Waals surface area contributed by atoms with E-state index in [4.69, 9.17) is 14.2 Å². The molecule has 4 aliphatic rings. The van der Waals surface area contributed by atoms with Crippen molar-refractivity contribution >= 4 is 5.97 Å².